The fourth-order valence-corrected chi connectivity index (χ4v) is 5.44. The number of aromatic nitrogens is 1. The van der Waals surface area contributed by atoms with E-state index in [4.69, 9.17) is 25.5 Å². The summed E-state index contributed by atoms with van der Waals surface area (Å²) in [5.74, 6) is 0.592. The van der Waals surface area contributed by atoms with Crippen LogP contribution < -0.4 is 21.1 Å². The molecule has 0 radical (unpaired) electrons. The molecule has 2 aliphatic rings. The van der Waals surface area contributed by atoms with Gasteiger partial charge in [0.25, 0.3) is 0 Å². The van der Waals surface area contributed by atoms with E-state index in [9.17, 15) is 9.82 Å². The number of nitrogens with zero attached hydrogens (tertiary/aromatic N) is 3. The maximum atomic E-state index is 13.5. The third kappa shape index (κ3) is 4.83. The summed E-state index contributed by atoms with van der Waals surface area (Å²) < 4.78 is 16.9. The Hall–Kier alpha value is -3.86. The second-order valence-corrected chi connectivity index (χ2v) is 10.5. The molecule has 9 nitrogen and oxygen atoms in total. The Bertz CT molecular complexity index is 1700. The first-order chi connectivity index (χ1) is 19.3. The van der Waals surface area contributed by atoms with Gasteiger partial charge in [0.15, 0.2) is 5.43 Å². The summed E-state index contributed by atoms with van der Waals surface area (Å²) in [7, 11) is -1.12. The largest absolute Gasteiger partial charge is 0.583 e. The van der Waals surface area contributed by atoms with E-state index in [2.05, 4.69) is 20.4 Å². The number of benzene rings is 2. The Morgan fingerprint density at radius 3 is 2.73 bits per heavy atom. The molecule has 2 N–H and O–H groups in total. The van der Waals surface area contributed by atoms with Crippen molar-refractivity contribution < 1.29 is 18.9 Å². The molecule has 0 bridgehead atoms. The zero-order valence-electron chi connectivity index (χ0n) is 22.4. The van der Waals surface area contributed by atoms with E-state index in [0.717, 1.165) is 27.9 Å². The molecule has 4 aromatic rings. The van der Waals surface area contributed by atoms with Crippen molar-refractivity contribution in [2.45, 2.75) is 26.8 Å². The van der Waals surface area contributed by atoms with Gasteiger partial charge < -0.3 is 29.1 Å². The standard InChI is InChI=1S/C29H28BClN4O5/c1-16-12-21(28-22(13-16)27(36)17(2)29(39-28)35-8-10-38-11-9-35)18(3)33-24-6-7-25(31)34-26(24)19-4-5-23-20(14-19)15-32-40-30(23)37/h4-7,12-15,18,33,37H,8-11H2,1-3H3/t18-/m1/s1. The normalized spacial score (nSPS) is 15.6. The van der Waals surface area contributed by atoms with Crippen LogP contribution in [0.2, 0.25) is 5.15 Å². The first-order valence-corrected chi connectivity index (χ1v) is 13.5. The minimum absolute atomic E-state index is 0.0318. The topological polar surface area (TPSA) is 109 Å². The van der Waals surface area contributed by atoms with Crippen molar-refractivity contribution in [2.75, 3.05) is 36.5 Å². The lowest BCUT2D eigenvalue weighted by atomic mass is 9.75. The van der Waals surface area contributed by atoms with Gasteiger partial charge in [0.2, 0.25) is 5.88 Å². The van der Waals surface area contributed by atoms with Crippen molar-refractivity contribution >= 4 is 52.9 Å². The average Bonchev–Trinajstić information content (AvgIpc) is 2.96. The van der Waals surface area contributed by atoms with Gasteiger partial charge in [-0.1, -0.05) is 29.8 Å². The highest BCUT2D eigenvalue weighted by Gasteiger charge is 2.26. The lowest BCUT2D eigenvalue weighted by Gasteiger charge is -2.29. The molecule has 0 amide bonds. The third-order valence-electron chi connectivity index (χ3n) is 7.34. The number of rotatable bonds is 5. The fourth-order valence-electron chi connectivity index (χ4n) is 5.29. The molecule has 6 rings (SSSR count). The van der Waals surface area contributed by atoms with Crippen LogP contribution in [0.1, 0.15) is 35.2 Å². The van der Waals surface area contributed by atoms with Gasteiger partial charge in [-0.2, -0.15) is 0 Å². The number of anilines is 2. The van der Waals surface area contributed by atoms with Crippen LogP contribution in [-0.4, -0.2) is 49.6 Å². The molecular weight excluding hydrogens is 531 g/mol. The fraction of sp³-hybridized carbons (Fsp3) is 0.276. The van der Waals surface area contributed by atoms with Gasteiger partial charge in [-0.15, -0.1) is 5.16 Å². The zero-order chi connectivity index (χ0) is 28.0. The van der Waals surface area contributed by atoms with Crippen molar-refractivity contribution in [3.63, 3.8) is 0 Å². The van der Waals surface area contributed by atoms with Gasteiger partial charge in [0.05, 0.1) is 47.8 Å². The maximum Gasteiger partial charge on any atom is 0.583 e. The molecule has 40 heavy (non-hydrogen) atoms. The van der Waals surface area contributed by atoms with Gasteiger partial charge in [-0.25, -0.2) is 4.98 Å². The van der Waals surface area contributed by atoms with Gasteiger partial charge in [-0.3, -0.25) is 4.79 Å². The highest BCUT2D eigenvalue weighted by Crippen LogP contribution is 2.35. The first kappa shape index (κ1) is 26.4. The van der Waals surface area contributed by atoms with E-state index in [1.54, 1.807) is 18.3 Å². The van der Waals surface area contributed by atoms with E-state index in [-0.39, 0.29) is 11.5 Å². The van der Waals surface area contributed by atoms with Crippen molar-refractivity contribution in [3.05, 3.63) is 80.1 Å². The van der Waals surface area contributed by atoms with Gasteiger partial charge in [-0.05, 0) is 56.2 Å². The van der Waals surface area contributed by atoms with Crippen LogP contribution in [0.15, 0.2) is 56.8 Å². The van der Waals surface area contributed by atoms with Crippen molar-refractivity contribution in [2.24, 2.45) is 5.16 Å². The van der Waals surface area contributed by atoms with Crippen LogP contribution >= 0.6 is 11.6 Å². The molecule has 11 heteroatoms. The van der Waals surface area contributed by atoms with Crippen LogP contribution in [0.25, 0.3) is 22.2 Å². The van der Waals surface area contributed by atoms with E-state index in [1.165, 1.54) is 0 Å². The quantitative estimate of drug-likeness (QED) is 0.277. The minimum Gasteiger partial charge on any atom is -0.440 e. The minimum atomic E-state index is -1.12. The lowest BCUT2D eigenvalue weighted by Crippen LogP contribution is -2.37. The third-order valence-corrected chi connectivity index (χ3v) is 7.55. The number of hydrogen-bond donors (Lipinski definition) is 2. The van der Waals surface area contributed by atoms with Crippen LogP contribution in [-0.2, 0) is 9.49 Å². The number of aryl methyl sites for hydroxylation is 1. The average molecular weight is 559 g/mol. The summed E-state index contributed by atoms with van der Waals surface area (Å²) in [5.41, 5.74) is 6.49. The molecule has 204 valence electrons. The van der Waals surface area contributed by atoms with E-state index < -0.39 is 7.12 Å². The summed E-state index contributed by atoms with van der Waals surface area (Å²) in [6.45, 7) is 8.33. The van der Waals surface area contributed by atoms with Gasteiger partial charge >= 0.3 is 7.12 Å². The van der Waals surface area contributed by atoms with Crippen molar-refractivity contribution in [3.8, 4) is 11.3 Å². The molecule has 0 unspecified atom stereocenters. The Kier molecular flexibility index (Phi) is 6.99. The molecular formula is C29H28BClN4O5. The highest BCUT2D eigenvalue weighted by atomic mass is 35.5. The Morgan fingerprint density at radius 1 is 1.12 bits per heavy atom. The van der Waals surface area contributed by atoms with Crippen LogP contribution in [0.3, 0.4) is 0 Å². The number of oxime groups is 1. The monoisotopic (exact) mass is 558 g/mol. The number of nitrogens with one attached hydrogen (secondary N) is 1. The Morgan fingerprint density at radius 2 is 1.93 bits per heavy atom. The van der Waals surface area contributed by atoms with E-state index >= 15 is 0 Å². The number of hydrogen-bond acceptors (Lipinski definition) is 9. The molecule has 1 atom stereocenters. The SMILES string of the molecule is Cc1cc([C@@H](C)Nc2ccc(Cl)nc2-c2ccc3c(c2)C=NOB3O)c2oc(N3CCOCC3)c(C)c(=O)c2c1. The highest BCUT2D eigenvalue weighted by molar-refractivity contribution is 6.62. The molecule has 0 spiro atoms. The van der Waals surface area contributed by atoms with Crippen molar-refractivity contribution in [1.29, 1.82) is 0 Å². The number of pyridine rings is 1. The van der Waals surface area contributed by atoms with Crippen molar-refractivity contribution in [1.82, 2.24) is 4.98 Å². The number of halogens is 1. The lowest BCUT2D eigenvalue weighted by molar-refractivity contribution is 0.120. The molecule has 2 aromatic carbocycles. The summed E-state index contributed by atoms with van der Waals surface area (Å²) in [5, 5.41) is 18.3. The summed E-state index contributed by atoms with van der Waals surface area (Å²) in [6, 6.07) is 12.8. The maximum absolute atomic E-state index is 13.5. The summed E-state index contributed by atoms with van der Waals surface area (Å²) in [4.78, 5) is 20.2. The van der Waals surface area contributed by atoms with Crippen LogP contribution in [0, 0.1) is 13.8 Å². The molecule has 0 saturated carbocycles. The zero-order valence-corrected chi connectivity index (χ0v) is 23.2. The van der Waals surface area contributed by atoms with Crippen LogP contribution in [0.4, 0.5) is 11.6 Å². The molecule has 4 heterocycles. The first-order valence-electron chi connectivity index (χ1n) is 13.2. The number of ether oxygens (including phenoxy) is 1. The molecule has 1 fully saturated rings. The van der Waals surface area contributed by atoms with E-state index in [0.29, 0.717) is 65.0 Å². The predicted octanol–water partition coefficient (Wildman–Crippen LogP) is 4.19. The Balaban J connectivity index is 1.42. The molecule has 2 aliphatic heterocycles. The summed E-state index contributed by atoms with van der Waals surface area (Å²) in [6.07, 6.45) is 1.56. The summed E-state index contributed by atoms with van der Waals surface area (Å²) >= 11 is 6.32. The predicted molar refractivity (Wildman–Crippen MR) is 158 cm³/mol. The Labute approximate surface area is 236 Å². The number of fused-ring (bicyclic) bond motifs is 2. The van der Waals surface area contributed by atoms with E-state index in [1.807, 2.05) is 51.1 Å². The number of morpholine rings is 1. The smallest absolute Gasteiger partial charge is 0.440 e. The molecule has 0 aliphatic carbocycles. The van der Waals surface area contributed by atoms with Gasteiger partial charge in [0, 0.05) is 29.7 Å². The van der Waals surface area contributed by atoms with Gasteiger partial charge in [0.1, 0.15) is 10.7 Å². The second-order valence-electron chi connectivity index (χ2n) is 10.1. The molecule has 2 aromatic heterocycles. The van der Waals surface area contributed by atoms with Crippen LogP contribution in [0.5, 0.6) is 0 Å². The molecule has 1 saturated heterocycles. The second kappa shape index (κ2) is 10.6.